The fourth-order valence-electron chi connectivity index (χ4n) is 2.29. The zero-order chi connectivity index (χ0) is 15.2. The van der Waals surface area contributed by atoms with Gasteiger partial charge in [0.25, 0.3) is 0 Å². The van der Waals surface area contributed by atoms with Gasteiger partial charge in [-0.05, 0) is 54.8 Å². The second-order valence-corrected chi connectivity index (χ2v) is 6.73. The number of hydrogen-bond acceptors (Lipinski definition) is 1. The molecule has 112 valence electrons. The van der Waals surface area contributed by atoms with Gasteiger partial charge >= 0.3 is 0 Å². The molecule has 0 spiro atoms. The summed E-state index contributed by atoms with van der Waals surface area (Å²) in [4.78, 5) is 0. The highest BCUT2D eigenvalue weighted by atomic mass is 79.9. The summed E-state index contributed by atoms with van der Waals surface area (Å²) >= 11 is 15.7. The molecule has 1 nitrogen and oxygen atoms in total. The third-order valence-electron chi connectivity index (χ3n) is 3.31. The van der Waals surface area contributed by atoms with Crippen molar-refractivity contribution >= 4 is 39.1 Å². The van der Waals surface area contributed by atoms with Gasteiger partial charge in [-0.1, -0.05) is 64.3 Å². The van der Waals surface area contributed by atoms with Crippen molar-refractivity contribution in [2.75, 3.05) is 6.54 Å². The molecule has 1 N–H and O–H groups in total. The van der Waals surface area contributed by atoms with E-state index in [0.717, 1.165) is 33.9 Å². The van der Waals surface area contributed by atoms with Crippen molar-refractivity contribution in [3.63, 3.8) is 0 Å². The average molecular weight is 387 g/mol. The minimum Gasteiger partial charge on any atom is -0.310 e. The van der Waals surface area contributed by atoms with E-state index in [1.807, 2.05) is 30.3 Å². The molecule has 1 unspecified atom stereocenters. The molecule has 0 saturated heterocycles. The second kappa shape index (κ2) is 8.19. The Bertz CT molecular complexity index is 601. The maximum atomic E-state index is 6.08. The normalized spacial score (nSPS) is 12.4. The van der Waals surface area contributed by atoms with E-state index in [2.05, 4.69) is 40.3 Å². The summed E-state index contributed by atoms with van der Waals surface area (Å²) in [7, 11) is 0. The van der Waals surface area contributed by atoms with Crippen molar-refractivity contribution in [3.8, 4) is 0 Å². The van der Waals surface area contributed by atoms with Crippen molar-refractivity contribution in [2.24, 2.45) is 0 Å². The van der Waals surface area contributed by atoms with Crippen LogP contribution in [0.3, 0.4) is 0 Å². The first kappa shape index (κ1) is 16.8. The van der Waals surface area contributed by atoms with Crippen molar-refractivity contribution in [2.45, 2.75) is 25.8 Å². The van der Waals surface area contributed by atoms with Crippen LogP contribution < -0.4 is 5.32 Å². The van der Waals surface area contributed by atoms with Gasteiger partial charge in [-0.3, -0.25) is 0 Å². The fraction of sp³-hybridized carbons (Fsp3) is 0.294. The first-order valence-electron chi connectivity index (χ1n) is 7.03. The molecular weight excluding hydrogens is 369 g/mol. The van der Waals surface area contributed by atoms with Gasteiger partial charge in [0.05, 0.1) is 0 Å². The van der Waals surface area contributed by atoms with Crippen molar-refractivity contribution in [1.29, 1.82) is 0 Å². The molecule has 0 radical (unpaired) electrons. The summed E-state index contributed by atoms with van der Waals surface area (Å²) in [6.45, 7) is 3.14. The highest BCUT2D eigenvalue weighted by Crippen LogP contribution is 2.29. The van der Waals surface area contributed by atoms with Gasteiger partial charge in [0, 0.05) is 20.6 Å². The molecule has 21 heavy (non-hydrogen) atoms. The van der Waals surface area contributed by atoms with Crippen LogP contribution in [0.25, 0.3) is 0 Å². The summed E-state index contributed by atoms with van der Waals surface area (Å²) in [5, 5.41) is 5.11. The molecule has 0 amide bonds. The maximum absolute atomic E-state index is 6.08. The Labute approximate surface area is 144 Å². The summed E-state index contributed by atoms with van der Waals surface area (Å²) in [5.41, 5.74) is 2.44. The lowest BCUT2D eigenvalue weighted by Gasteiger charge is -2.21. The van der Waals surface area contributed by atoms with E-state index < -0.39 is 0 Å². The van der Waals surface area contributed by atoms with Crippen LogP contribution in [0, 0.1) is 0 Å². The van der Waals surface area contributed by atoms with Crippen molar-refractivity contribution < 1.29 is 0 Å². The molecule has 1 atom stereocenters. The molecule has 0 aromatic heterocycles. The van der Waals surface area contributed by atoms with Crippen LogP contribution in [0.2, 0.25) is 10.0 Å². The number of nitrogens with one attached hydrogen (secondary N) is 1. The Morgan fingerprint density at radius 2 is 1.86 bits per heavy atom. The largest absolute Gasteiger partial charge is 0.310 e. The number of hydrogen-bond donors (Lipinski definition) is 1. The van der Waals surface area contributed by atoms with E-state index >= 15 is 0 Å². The summed E-state index contributed by atoms with van der Waals surface area (Å²) in [5.74, 6) is 0. The first-order valence-corrected chi connectivity index (χ1v) is 8.58. The topological polar surface area (TPSA) is 12.0 Å². The van der Waals surface area contributed by atoms with Crippen LogP contribution in [0.15, 0.2) is 46.9 Å². The second-order valence-electron chi connectivity index (χ2n) is 5.01. The Balaban J connectivity index is 2.25. The fourth-order valence-corrected chi connectivity index (χ4v) is 3.47. The van der Waals surface area contributed by atoms with Crippen LogP contribution in [0.1, 0.15) is 30.5 Å². The Morgan fingerprint density at radius 3 is 2.52 bits per heavy atom. The van der Waals surface area contributed by atoms with Crippen LogP contribution in [-0.2, 0) is 6.42 Å². The summed E-state index contributed by atoms with van der Waals surface area (Å²) in [6, 6.07) is 14.2. The smallest absolute Gasteiger partial charge is 0.0417 e. The summed E-state index contributed by atoms with van der Waals surface area (Å²) < 4.78 is 1.03. The van der Waals surface area contributed by atoms with Crippen LogP contribution in [0.5, 0.6) is 0 Å². The van der Waals surface area contributed by atoms with Gasteiger partial charge in [0.15, 0.2) is 0 Å². The van der Waals surface area contributed by atoms with E-state index in [4.69, 9.17) is 23.2 Å². The summed E-state index contributed by atoms with van der Waals surface area (Å²) in [6.07, 6.45) is 1.98. The number of benzene rings is 2. The van der Waals surface area contributed by atoms with E-state index in [1.165, 1.54) is 11.1 Å². The van der Waals surface area contributed by atoms with Crippen LogP contribution in [-0.4, -0.2) is 6.54 Å². The Kier molecular flexibility index (Phi) is 6.56. The van der Waals surface area contributed by atoms with E-state index in [1.54, 1.807) is 0 Å². The molecule has 0 fully saturated rings. The molecule has 0 aliphatic carbocycles. The quantitative estimate of drug-likeness (QED) is 0.638. The molecule has 2 rings (SSSR count). The minimum atomic E-state index is 0.232. The van der Waals surface area contributed by atoms with Gasteiger partial charge < -0.3 is 5.32 Å². The molecular formula is C17H18BrCl2N. The van der Waals surface area contributed by atoms with Crippen LogP contribution >= 0.6 is 39.1 Å². The van der Waals surface area contributed by atoms with Gasteiger partial charge in [0.2, 0.25) is 0 Å². The van der Waals surface area contributed by atoms with Crippen molar-refractivity contribution in [3.05, 3.63) is 68.1 Å². The van der Waals surface area contributed by atoms with Gasteiger partial charge in [-0.15, -0.1) is 0 Å². The predicted octanol–water partition coefficient (Wildman–Crippen LogP) is 6.04. The molecule has 0 aliphatic rings. The SMILES string of the molecule is CCCNC(Cc1cccc(Cl)c1)c1ccc(Cl)cc1Br. The molecule has 0 bridgehead atoms. The van der Waals surface area contributed by atoms with Gasteiger partial charge in [0.1, 0.15) is 0 Å². The molecule has 2 aromatic rings. The lowest BCUT2D eigenvalue weighted by molar-refractivity contribution is 0.527. The molecule has 0 heterocycles. The monoisotopic (exact) mass is 385 g/mol. The highest BCUT2D eigenvalue weighted by Gasteiger charge is 2.15. The van der Waals surface area contributed by atoms with Crippen LogP contribution in [0.4, 0.5) is 0 Å². The number of halogens is 3. The van der Waals surface area contributed by atoms with Gasteiger partial charge in [-0.25, -0.2) is 0 Å². The zero-order valence-electron chi connectivity index (χ0n) is 11.9. The number of rotatable bonds is 6. The van der Waals surface area contributed by atoms with E-state index in [-0.39, 0.29) is 6.04 Å². The standard InChI is InChI=1S/C17H18BrCl2N/c1-2-8-21-17(10-12-4-3-5-13(19)9-12)15-7-6-14(20)11-16(15)18/h3-7,9,11,17,21H,2,8,10H2,1H3. The predicted molar refractivity (Wildman–Crippen MR) is 95.3 cm³/mol. The molecule has 2 aromatic carbocycles. The maximum Gasteiger partial charge on any atom is 0.0417 e. The third-order valence-corrected chi connectivity index (χ3v) is 4.46. The zero-order valence-corrected chi connectivity index (χ0v) is 15.0. The highest BCUT2D eigenvalue weighted by molar-refractivity contribution is 9.10. The molecule has 0 saturated carbocycles. The van der Waals surface area contributed by atoms with E-state index in [9.17, 15) is 0 Å². The first-order chi connectivity index (χ1) is 10.1. The van der Waals surface area contributed by atoms with Crippen molar-refractivity contribution in [1.82, 2.24) is 5.32 Å². The Hall–Kier alpha value is -0.540. The van der Waals surface area contributed by atoms with E-state index in [0.29, 0.717) is 0 Å². The third kappa shape index (κ3) is 5.00. The molecule has 0 aliphatic heterocycles. The average Bonchev–Trinajstić information content (AvgIpc) is 2.44. The van der Waals surface area contributed by atoms with Gasteiger partial charge in [-0.2, -0.15) is 0 Å². The minimum absolute atomic E-state index is 0.232. The Morgan fingerprint density at radius 1 is 1.10 bits per heavy atom. The lowest BCUT2D eigenvalue weighted by atomic mass is 9.98. The molecule has 4 heteroatoms. The lowest BCUT2D eigenvalue weighted by Crippen LogP contribution is -2.24.